The van der Waals surface area contributed by atoms with Crippen molar-refractivity contribution in [3.8, 4) is 0 Å². The Morgan fingerprint density at radius 1 is 1.30 bits per heavy atom. The largest absolute Gasteiger partial charge is 0.481 e. The first kappa shape index (κ1) is 12.9. The smallest absolute Gasteiger partial charge is 0.312 e. The van der Waals surface area contributed by atoms with Crippen molar-refractivity contribution in [3.63, 3.8) is 0 Å². The van der Waals surface area contributed by atoms with Gasteiger partial charge in [-0.15, -0.1) is 0 Å². The fraction of sp³-hybridized carbons (Fsp3) is 0.333. The fourth-order valence-electron chi connectivity index (χ4n) is 2.74. The highest BCUT2D eigenvalue weighted by molar-refractivity contribution is 5.77. The summed E-state index contributed by atoms with van der Waals surface area (Å²) >= 11 is 0. The van der Waals surface area contributed by atoms with Crippen LogP contribution in [-0.2, 0) is 17.9 Å². The predicted molar refractivity (Wildman–Crippen MR) is 74.3 cm³/mol. The van der Waals surface area contributed by atoms with Crippen LogP contribution in [0, 0.1) is 0 Å². The first-order valence-corrected chi connectivity index (χ1v) is 6.74. The molecule has 0 fully saturated rings. The van der Waals surface area contributed by atoms with Crippen molar-refractivity contribution in [2.24, 2.45) is 0 Å². The van der Waals surface area contributed by atoms with E-state index < -0.39 is 11.9 Å². The fourth-order valence-corrected chi connectivity index (χ4v) is 2.74. The van der Waals surface area contributed by atoms with Crippen molar-refractivity contribution in [3.05, 3.63) is 53.9 Å². The third kappa shape index (κ3) is 2.58. The number of carbonyl (C=O) groups is 1. The van der Waals surface area contributed by atoms with Gasteiger partial charge in [0, 0.05) is 32.0 Å². The Kier molecular flexibility index (Phi) is 3.52. The lowest BCUT2D eigenvalue weighted by molar-refractivity contribution is -0.139. The van der Waals surface area contributed by atoms with Gasteiger partial charge in [-0.25, -0.2) is 0 Å². The Morgan fingerprint density at radius 3 is 2.90 bits per heavy atom. The molecule has 0 spiro atoms. The van der Waals surface area contributed by atoms with E-state index in [1.807, 2.05) is 41.2 Å². The minimum atomic E-state index is -0.749. The zero-order chi connectivity index (χ0) is 13.9. The third-order valence-electron chi connectivity index (χ3n) is 3.77. The molecule has 0 bridgehead atoms. The Hall–Kier alpha value is -2.14. The molecule has 1 unspecified atom stereocenters. The maximum absolute atomic E-state index is 11.5. The maximum Gasteiger partial charge on any atom is 0.312 e. The molecule has 2 aromatic rings. The van der Waals surface area contributed by atoms with E-state index >= 15 is 0 Å². The quantitative estimate of drug-likeness (QED) is 0.917. The Bertz CT molecular complexity index is 595. The van der Waals surface area contributed by atoms with Gasteiger partial charge in [0.1, 0.15) is 0 Å². The summed E-state index contributed by atoms with van der Waals surface area (Å²) in [6, 6.07) is 9.72. The second kappa shape index (κ2) is 5.46. The summed E-state index contributed by atoms with van der Waals surface area (Å²) in [5, 5.41) is 13.6. The van der Waals surface area contributed by atoms with Gasteiger partial charge in [-0.3, -0.25) is 14.4 Å². The molecule has 5 heteroatoms. The number of rotatable bonds is 4. The number of fused-ring (bicyclic) bond motifs is 1. The van der Waals surface area contributed by atoms with Crippen LogP contribution in [0.25, 0.3) is 0 Å². The molecule has 0 saturated heterocycles. The van der Waals surface area contributed by atoms with Gasteiger partial charge in [-0.1, -0.05) is 24.3 Å². The number of benzene rings is 1. The molecule has 0 amide bonds. The van der Waals surface area contributed by atoms with Crippen LogP contribution in [0.5, 0.6) is 0 Å². The molecular formula is C15H17N3O2. The van der Waals surface area contributed by atoms with Crippen LogP contribution in [0.2, 0.25) is 0 Å². The molecule has 1 aliphatic heterocycles. The van der Waals surface area contributed by atoms with Gasteiger partial charge in [0.15, 0.2) is 0 Å². The molecule has 3 rings (SSSR count). The highest BCUT2D eigenvalue weighted by Crippen LogP contribution is 2.28. The van der Waals surface area contributed by atoms with E-state index in [0.717, 1.165) is 30.8 Å². The molecule has 1 aromatic carbocycles. The molecule has 104 valence electrons. The van der Waals surface area contributed by atoms with E-state index in [1.165, 1.54) is 0 Å². The Balaban J connectivity index is 1.74. The number of carboxylic acids is 1. The zero-order valence-electron chi connectivity index (χ0n) is 11.1. The van der Waals surface area contributed by atoms with Crippen LogP contribution >= 0.6 is 0 Å². The summed E-state index contributed by atoms with van der Waals surface area (Å²) in [4.78, 5) is 13.6. The number of aromatic nitrogens is 2. The first-order valence-electron chi connectivity index (χ1n) is 6.74. The molecule has 1 N–H and O–H groups in total. The van der Waals surface area contributed by atoms with E-state index in [4.69, 9.17) is 0 Å². The summed E-state index contributed by atoms with van der Waals surface area (Å²) in [7, 11) is 0. The Morgan fingerprint density at radius 2 is 2.15 bits per heavy atom. The van der Waals surface area contributed by atoms with Gasteiger partial charge < -0.3 is 5.11 Å². The van der Waals surface area contributed by atoms with E-state index in [-0.39, 0.29) is 0 Å². The standard InChI is InChI=1S/C15H17N3O2/c19-15(20)14-11-17(8-9-18-7-3-6-16-18)10-12-4-1-2-5-13(12)14/h1-7,14H,8-11H2,(H,19,20). The van der Waals surface area contributed by atoms with Crippen LogP contribution < -0.4 is 0 Å². The molecule has 5 nitrogen and oxygen atoms in total. The highest BCUT2D eigenvalue weighted by Gasteiger charge is 2.29. The first-order chi connectivity index (χ1) is 9.74. The normalized spacial score (nSPS) is 18.7. The van der Waals surface area contributed by atoms with Crippen LogP contribution in [-0.4, -0.2) is 38.8 Å². The van der Waals surface area contributed by atoms with Gasteiger partial charge in [-0.2, -0.15) is 5.10 Å². The molecule has 1 aromatic heterocycles. The minimum absolute atomic E-state index is 0.433. The van der Waals surface area contributed by atoms with Crippen molar-refractivity contribution in [2.45, 2.75) is 19.0 Å². The molecule has 0 saturated carbocycles. The van der Waals surface area contributed by atoms with Crippen LogP contribution in [0.3, 0.4) is 0 Å². The second-order valence-electron chi connectivity index (χ2n) is 5.09. The molecule has 20 heavy (non-hydrogen) atoms. The average Bonchev–Trinajstić information content (AvgIpc) is 2.97. The SMILES string of the molecule is O=C(O)C1CN(CCn2cccn2)Cc2ccccc21. The molecular weight excluding hydrogens is 254 g/mol. The highest BCUT2D eigenvalue weighted by atomic mass is 16.4. The van der Waals surface area contributed by atoms with Gasteiger partial charge in [0.05, 0.1) is 12.5 Å². The maximum atomic E-state index is 11.5. The summed E-state index contributed by atoms with van der Waals surface area (Å²) < 4.78 is 1.87. The zero-order valence-corrected chi connectivity index (χ0v) is 11.1. The summed E-state index contributed by atoms with van der Waals surface area (Å²) in [6.07, 6.45) is 3.68. The average molecular weight is 271 g/mol. The number of aliphatic carboxylic acids is 1. The topological polar surface area (TPSA) is 58.4 Å². The summed E-state index contributed by atoms with van der Waals surface area (Å²) in [5.74, 6) is -1.18. The minimum Gasteiger partial charge on any atom is -0.481 e. The van der Waals surface area contributed by atoms with E-state index in [2.05, 4.69) is 10.00 Å². The van der Waals surface area contributed by atoms with Crippen molar-refractivity contribution in [1.29, 1.82) is 0 Å². The second-order valence-corrected chi connectivity index (χ2v) is 5.09. The van der Waals surface area contributed by atoms with Crippen molar-refractivity contribution < 1.29 is 9.90 Å². The molecule has 0 aliphatic carbocycles. The lowest BCUT2D eigenvalue weighted by Gasteiger charge is -2.32. The number of hydrogen-bond acceptors (Lipinski definition) is 3. The van der Waals surface area contributed by atoms with Crippen molar-refractivity contribution in [1.82, 2.24) is 14.7 Å². The number of hydrogen-bond donors (Lipinski definition) is 1. The van der Waals surface area contributed by atoms with E-state index in [9.17, 15) is 9.90 Å². The number of carboxylic acid groups (broad SMARTS) is 1. The van der Waals surface area contributed by atoms with E-state index in [1.54, 1.807) is 6.20 Å². The molecule has 1 aliphatic rings. The third-order valence-corrected chi connectivity index (χ3v) is 3.77. The predicted octanol–water partition coefficient (Wildman–Crippen LogP) is 1.57. The van der Waals surface area contributed by atoms with Crippen molar-refractivity contribution >= 4 is 5.97 Å². The van der Waals surface area contributed by atoms with Crippen LogP contribution in [0.15, 0.2) is 42.7 Å². The van der Waals surface area contributed by atoms with Gasteiger partial charge in [0.25, 0.3) is 0 Å². The van der Waals surface area contributed by atoms with Crippen molar-refractivity contribution in [2.75, 3.05) is 13.1 Å². The van der Waals surface area contributed by atoms with Gasteiger partial charge in [0.2, 0.25) is 0 Å². The number of nitrogens with zero attached hydrogens (tertiary/aromatic N) is 3. The molecule has 2 heterocycles. The summed E-state index contributed by atoms with van der Waals surface area (Å²) in [6.45, 7) is 2.95. The molecule has 0 radical (unpaired) electrons. The van der Waals surface area contributed by atoms with Gasteiger partial charge >= 0.3 is 5.97 Å². The van der Waals surface area contributed by atoms with Crippen LogP contribution in [0.4, 0.5) is 0 Å². The van der Waals surface area contributed by atoms with Gasteiger partial charge in [-0.05, 0) is 17.2 Å². The molecule has 1 atom stereocenters. The Labute approximate surface area is 117 Å². The lowest BCUT2D eigenvalue weighted by Crippen LogP contribution is -2.38. The van der Waals surface area contributed by atoms with Crippen LogP contribution in [0.1, 0.15) is 17.0 Å². The summed E-state index contributed by atoms with van der Waals surface area (Å²) in [5.41, 5.74) is 2.07. The monoisotopic (exact) mass is 271 g/mol. The van der Waals surface area contributed by atoms with E-state index in [0.29, 0.717) is 6.54 Å². The lowest BCUT2D eigenvalue weighted by atomic mass is 9.90.